The SMILES string of the molecule is CCCCCC(C)NC(=O)N(C)CCCC(=O)O. The smallest absolute Gasteiger partial charge is 0.317 e. The van der Waals surface area contributed by atoms with Crippen LogP contribution in [0.15, 0.2) is 0 Å². The minimum Gasteiger partial charge on any atom is -0.481 e. The Morgan fingerprint density at radius 3 is 2.50 bits per heavy atom. The molecule has 2 N–H and O–H groups in total. The van der Waals surface area contributed by atoms with Gasteiger partial charge < -0.3 is 15.3 Å². The van der Waals surface area contributed by atoms with Crippen LogP contribution in [0, 0.1) is 0 Å². The highest BCUT2D eigenvalue weighted by Crippen LogP contribution is 2.03. The van der Waals surface area contributed by atoms with Crippen LogP contribution >= 0.6 is 0 Å². The lowest BCUT2D eigenvalue weighted by Gasteiger charge is -2.21. The Bertz CT molecular complexity index is 257. The molecule has 0 aliphatic rings. The van der Waals surface area contributed by atoms with Crippen molar-refractivity contribution in [3.8, 4) is 0 Å². The summed E-state index contributed by atoms with van der Waals surface area (Å²) in [6.45, 7) is 4.62. The molecular formula is C13H26N2O3. The van der Waals surface area contributed by atoms with Crippen molar-refractivity contribution < 1.29 is 14.7 Å². The van der Waals surface area contributed by atoms with Gasteiger partial charge >= 0.3 is 12.0 Å². The van der Waals surface area contributed by atoms with Gasteiger partial charge in [0, 0.05) is 26.1 Å². The number of nitrogens with zero attached hydrogens (tertiary/aromatic N) is 1. The highest BCUT2D eigenvalue weighted by Gasteiger charge is 2.11. The van der Waals surface area contributed by atoms with Gasteiger partial charge in [-0.3, -0.25) is 4.79 Å². The third kappa shape index (κ3) is 8.84. The number of rotatable bonds is 9. The number of nitrogens with one attached hydrogen (secondary N) is 1. The number of unbranched alkanes of at least 4 members (excludes halogenated alkanes) is 2. The average Bonchev–Trinajstić information content (AvgIpc) is 2.28. The lowest BCUT2D eigenvalue weighted by Crippen LogP contribution is -2.42. The van der Waals surface area contributed by atoms with Crippen LogP contribution in [0.25, 0.3) is 0 Å². The third-order valence-corrected chi connectivity index (χ3v) is 2.84. The first-order chi connectivity index (χ1) is 8.47. The largest absolute Gasteiger partial charge is 0.481 e. The van der Waals surface area contributed by atoms with Crippen LogP contribution in [0.1, 0.15) is 52.4 Å². The number of carbonyl (C=O) groups excluding carboxylic acids is 1. The van der Waals surface area contributed by atoms with Crippen molar-refractivity contribution in [3.05, 3.63) is 0 Å². The number of carboxylic acid groups (broad SMARTS) is 1. The van der Waals surface area contributed by atoms with E-state index in [9.17, 15) is 9.59 Å². The molecule has 0 saturated heterocycles. The Hall–Kier alpha value is -1.26. The van der Waals surface area contributed by atoms with Crippen molar-refractivity contribution in [3.63, 3.8) is 0 Å². The normalized spacial score (nSPS) is 11.9. The maximum absolute atomic E-state index is 11.7. The van der Waals surface area contributed by atoms with E-state index in [2.05, 4.69) is 12.2 Å². The topological polar surface area (TPSA) is 69.6 Å². The zero-order valence-corrected chi connectivity index (χ0v) is 11.7. The minimum atomic E-state index is -0.822. The molecule has 0 bridgehead atoms. The maximum Gasteiger partial charge on any atom is 0.317 e. The minimum absolute atomic E-state index is 0.101. The van der Waals surface area contributed by atoms with Crippen molar-refractivity contribution in [2.24, 2.45) is 0 Å². The second-order valence-electron chi connectivity index (χ2n) is 4.77. The van der Waals surface area contributed by atoms with Gasteiger partial charge in [-0.2, -0.15) is 0 Å². The van der Waals surface area contributed by atoms with Gasteiger partial charge in [-0.15, -0.1) is 0 Å². The number of hydrogen-bond donors (Lipinski definition) is 2. The predicted octanol–water partition coefficient (Wildman–Crippen LogP) is 2.46. The van der Waals surface area contributed by atoms with Crippen LogP contribution in [-0.4, -0.2) is 41.6 Å². The molecule has 0 fully saturated rings. The van der Waals surface area contributed by atoms with Crippen LogP contribution in [0.4, 0.5) is 4.79 Å². The monoisotopic (exact) mass is 258 g/mol. The summed E-state index contributed by atoms with van der Waals surface area (Å²) in [6, 6.07) is 0.0513. The van der Waals surface area contributed by atoms with E-state index in [1.54, 1.807) is 11.9 Å². The fraction of sp³-hybridized carbons (Fsp3) is 0.846. The van der Waals surface area contributed by atoms with E-state index in [1.165, 1.54) is 12.8 Å². The number of aliphatic carboxylic acids is 1. The van der Waals surface area contributed by atoms with Crippen LogP contribution in [-0.2, 0) is 4.79 Å². The Morgan fingerprint density at radius 2 is 1.94 bits per heavy atom. The Balaban J connectivity index is 3.74. The first kappa shape index (κ1) is 16.7. The van der Waals surface area contributed by atoms with Gasteiger partial charge in [0.15, 0.2) is 0 Å². The highest BCUT2D eigenvalue weighted by molar-refractivity contribution is 5.74. The quantitative estimate of drug-likeness (QED) is 0.624. The summed E-state index contributed by atoms with van der Waals surface area (Å²) in [5, 5.41) is 11.4. The highest BCUT2D eigenvalue weighted by atomic mass is 16.4. The number of carboxylic acids is 1. The molecule has 2 amide bonds. The lowest BCUT2D eigenvalue weighted by molar-refractivity contribution is -0.137. The Morgan fingerprint density at radius 1 is 1.28 bits per heavy atom. The zero-order chi connectivity index (χ0) is 14.0. The first-order valence-electron chi connectivity index (χ1n) is 6.70. The summed E-state index contributed by atoms with van der Waals surface area (Å²) >= 11 is 0. The van der Waals surface area contributed by atoms with Crippen LogP contribution < -0.4 is 5.32 Å². The Labute approximate surface area is 110 Å². The second-order valence-corrected chi connectivity index (χ2v) is 4.77. The average molecular weight is 258 g/mol. The number of hydrogen-bond acceptors (Lipinski definition) is 2. The number of amides is 2. The molecule has 0 spiro atoms. The first-order valence-corrected chi connectivity index (χ1v) is 6.70. The molecule has 0 radical (unpaired) electrons. The van der Waals surface area contributed by atoms with Crippen molar-refractivity contribution in [1.82, 2.24) is 10.2 Å². The third-order valence-electron chi connectivity index (χ3n) is 2.84. The molecule has 106 valence electrons. The molecule has 0 rings (SSSR count). The summed E-state index contributed by atoms with van der Waals surface area (Å²) < 4.78 is 0. The van der Waals surface area contributed by atoms with Crippen molar-refractivity contribution >= 4 is 12.0 Å². The van der Waals surface area contributed by atoms with Gasteiger partial charge in [-0.25, -0.2) is 4.79 Å². The van der Waals surface area contributed by atoms with Gasteiger partial charge in [-0.1, -0.05) is 26.2 Å². The van der Waals surface area contributed by atoms with E-state index in [0.29, 0.717) is 13.0 Å². The van der Waals surface area contributed by atoms with Crippen molar-refractivity contribution in [2.75, 3.05) is 13.6 Å². The maximum atomic E-state index is 11.7. The van der Waals surface area contributed by atoms with Gasteiger partial charge in [-0.05, 0) is 19.8 Å². The second kappa shape index (κ2) is 9.74. The number of carbonyl (C=O) groups is 2. The van der Waals surface area contributed by atoms with E-state index in [4.69, 9.17) is 5.11 Å². The molecule has 5 nitrogen and oxygen atoms in total. The summed E-state index contributed by atoms with van der Waals surface area (Å²) in [4.78, 5) is 23.6. The molecule has 0 aromatic rings. The van der Waals surface area contributed by atoms with Gasteiger partial charge in [0.25, 0.3) is 0 Å². The molecule has 0 aromatic carbocycles. The molecule has 0 aromatic heterocycles. The van der Waals surface area contributed by atoms with E-state index >= 15 is 0 Å². The number of urea groups is 1. The van der Waals surface area contributed by atoms with E-state index in [1.807, 2.05) is 6.92 Å². The molecular weight excluding hydrogens is 232 g/mol. The summed E-state index contributed by atoms with van der Waals surface area (Å²) in [5.41, 5.74) is 0. The van der Waals surface area contributed by atoms with Crippen molar-refractivity contribution in [2.45, 2.75) is 58.4 Å². The van der Waals surface area contributed by atoms with E-state index in [-0.39, 0.29) is 18.5 Å². The molecule has 0 aliphatic heterocycles. The van der Waals surface area contributed by atoms with Gasteiger partial charge in [0.05, 0.1) is 0 Å². The summed E-state index contributed by atoms with van der Waals surface area (Å²) in [6.07, 6.45) is 5.07. The molecule has 1 unspecified atom stereocenters. The fourth-order valence-corrected chi connectivity index (χ4v) is 1.66. The van der Waals surface area contributed by atoms with E-state index in [0.717, 1.165) is 12.8 Å². The van der Waals surface area contributed by atoms with Gasteiger partial charge in [0.2, 0.25) is 0 Å². The molecule has 0 saturated carbocycles. The summed E-state index contributed by atoms with van der Waals surface area (Å²) in [7, 11) is 1.69. The standard InChI is InChI=1S/C13H26N2O3/c1-4-5-6-8-11(2)14-13(18)15(3)10-7-9-12(16)17/h11H,4-10H2,1-3H3,(H,14,18)(H,16,17). The zero-order valence-electron chi connectivity index (χ0n) is 11.7. The lowest BCUT2D eigenvalue weighted by atomic mass is 10.1. The molecule has 1 atom stereocenters. The van der Waals surface area contributed by atoms with Crippen molar-refractivity contribution in [1.29, 1.82) is 0 Å². The molecule has 0 aliphatic carbocycles. The molecule has 5 heteroatoms. The predicted molar refractivity (Wildman–Crippen MR) is 71.6 cm³/mol. The Kier molecular flexibility index (Phi) is 9.06. The fourth-order valence-electron chi connectivity index (χ4n) is 1.66. The summed E-state index contributed by atoms with van der Waals surface area (Å²) in [5.74, 6) is -0.822. The van der Waals surface area contributed by atoms with Gasteiger partial charge in [0.1, 0.15) is 0 Å². The van der Waals surface area contributed by atoms with Crippen LogP contribution in [0.5, 0.6) is 0 Å². The van der Waals surface area contributed by atoms with E-state index < -0.39 is 5.97 Å². The molecule has 18 heavy (non-hydrogen) atoms. The van der Waals surface area contributed by atoms with Crippen LogP contribution in [0.3, 0.4) is 0 Å². The van der Waals surface area contributed by atoms with Crippen LogP contribution in [0.2, 0.25) is 0 Å². The molecule has 0 heterocycles.